The Labute approximate surface area is 140 Å². The lowest BCUT2D eigenvalue weighted by Crippen LogP contribution is -2.38. The molecular weight excluding hydrogens is 324 g/mol. The number of fused-ring (bicyclic) bond motifs is 1. The first-order chi connectivity index (χ1) is 11.7. The molecule has 3 aromatic rings. The molecule has 2 aromatic heterocycles. The largest absolute Gasteiger partial charge is 0.291 e. The van der Waals surface area contributed by atoms with Gasteiger partial charge in [-0.1, -0.05) is 24.6 Å². The molecule has 0 spiro atoms. The van der Waals surface area contributed by atoms with Crippen LogP contribution in [0.15, 0.2) is 59.9 Å². The van der Waals surface area contributed by atoms with E-state index in [0.717, 1.165) is 25.0 Å². The number of sulfonamides is 1. The summed E-state index contributed by atoms with van der Waals surface area (Å²) in [4.78, 5) is 9.10. The monoisotopic (exact) mass is 342 g/mol. The Morgan fingerprint density at radius 3 is 2.71 bits per heavy atom. The van der Waals surface area contributed by atoms with Crippen LogP contribution in [0.3, 0.4) is 0 Å². The van der Waals surface area contributed by atoms with E-state index in [2.05, 4.69) is 9.97 Å². The van der Waals surface area contributed by atoms with Crippen LogP contribution in [0.2, 0.25) is 0 Å². The average molecular weight is 342 g/mol. The Morgan fingerprint density at radius 1 is 1.04 bits per heavy atom. The van der Waals surface area contributed by atoms with Crippen LogP contribution < -0.4 is 0 Å². The van der Waals surface area contributed by atoms with Gasteiger partial charge in [0.15, 0.2) is 0 Å². The van der Waals surface area contributed by atoms with Crippen LogP contribution in [0.5, 0.6) is 0 Å². The van der Waals surface area contributed by atoms with Crippen LogP contribution in [0, 0.1) is 0 Å². The standard InChI is InChI=1S/C17H18N4O2S/c22-24(23,14-6-2-1-3-7-14)21-11-5-4-8-16(21)15-9-12-20-13-10-18-17(20)19-15/h1-3,6-7,9-10,12-13,16H,4-5,8,11H2/t16-/m0/s1. The Kier molecular flexibility index (Phi) is 3.82. The lowest BCUT2D eigenvalue weighted by atomic mass is 10.0. The van der Waals surface area contributed by atoms with Crippen molar-refractivity contribution in [3.05, 3.63) is 60.7 Å². The van der Waals surface area contributed by atoms with Crippen molar-refractivity contribution in [2.24, 2.45) is 0 Å². The average Bonchev–Trinajstić information content (AvgIpc) is 3.10. The summed E-state index contributed by atoms with van der Waals surface area (Å²) in [5.41, 5.74) is 0.757. The fraction of sp³-hybridized carbons (Fsp3) is 0.294. The number of benzene rings is 1. The molecule has 1 aliphatic rings. The van der Waals surface area contributed by atoms with E-state index in [-0.39, 0.29) is 6.04 Å². The summed E-state index contributed by atoms with van der Waals surface area (Å²) in [5, 5.41) is 0. The Bertz CT molecular complexity index is 953. The molecule has 124 valence electrons. The lowest BCUT2D eigenvalue weighted by Gasteiger charge is -2.34. The van der Waals surface area contributed by atoms with E-state index in [9.17, 15) is 8.42 Å². The number of imidazole rings is 1. The second-order valence-corrected chi connectivity index (χ2v) is 7.82. The van der Waals surface area contributed by atoms with Gasteiger partial charge >= 0.3 is 0 Å². The van der Waals surface area contributed by atoms with Crippen molar-refractivity contribution in [1.82, 2.24) is 18.7 Å². The smallest absolute Gasteiger partial charge is 0.243 e. The quantitative estimate of drug-likeness (QED) is 0.734. The molecule has 0 saturated carbocycles. The van der Waals surface area contributed by atoms with Crippen LogP contribution >= 0.6 is 0 Å². The predicted octanol–water partition coefficient (Wildman–Crippen LogP) is 2.65. The van der Waals surface area contributed by atoms with Gasteiger partial charge in [0, 0.05) is 25.1 Å². The summed E-state index contributed by atoms with van der Waals surface area (Å²) in [6.45, 7) is 0.517. The summed E-state index contributed by atoms with van der Waals surface area (Å²) >= 11 is 0. The van der Waals surface area contributed by atoms with Crippen LogP contribution in [-0.2, 0) is 10.0 Å². The molecule has 4 rings (SSSR count). The highest BCUT2D eigenvalue weighted by Gasteiger charge is 2.35. The SMILES string of the molecule is O=S(=O)(c1ccccc1)N1CCCC[C@H]1c1ccn2ccnc2n1. The van der Waals surface area contributed by atoms with Gasteiger partial charge in [0.1, 0.15) is 0 Å². The lowest BCUT2D eigenvalue weighted by molar-refractivity contribution is 0.251. The van der Waals surface area contributed by atoms with Crippen LogP contribution in [0.4, 0.5) is 0 Å². The first-order valence-electron chi connectivity index (χ1n) is 8.03. The minimum absolute atomic E-state index is 0.245. The molecule has 0 radical (unpaired) electrons. The van der Waals surface area contributed by atoms with Gasteiger partial charge in [-0.25, -0.2) is 18.4 Å². The number of rotatable bonds is 3. The highest BCUT2D eigenvalue weighted by atomic mass is 32.2. The number of hydrogen-bond acceptors (Lipinski definition) is 4. The van der Waals surface area contributed by atoms with Crippen LogP contribution in [0.25, 0.3) is 5.78 Å². The summed E-state index contributed by atoms with van der Waals surface area (Å²) in [5.74, 6) is 0.593. The first-order valence-corrected chi connectivity index (χ1v) is 9.47. The predicted molar refractivity (Wildman–Crippen MR) is 89.9 cm³/mol. The summed E-state index contributed by atoms with van der Waals surface area (Å²) in [6.07, 6.45) is 8.03. The number of piperidine rings is 1. The van der Waals surface area contributed by atoms with Gasteiger partial charge in [0.05, 0.1) is 16.6 Å². The van der Waals surface area contributed by atoms with E-state index in [1.165, 1.54) is 0 Å². The number of nitrogens with zero attached hydrogens (tertiary/aromatic N) is 4. The molecule has 3 heterocycles. The third kappa shape index (κ3) is 2.59. The van der Waals surface area contributed by atoms with E-state index in [1.54, 1.807) is 34.8 Å². The van der Waals surface area contributed by atoms with Crippen molar-refractivity contribution < 1.29 is 8.42 Å². The third-order valence-electron chi connectivity index (χ3n) is 4.43. The molecular formula is C17H18N4O2S. The summed E-state index contributed by atoms with van der Waals surface area (Å²) in [6, 6.07) is 10.3. The molecule has 1 aliphatic heterocycles. The zero-order valence-electron chi connectivity index (χ0n) is 13.1. The Hall–Kier alpha value is -2.25. The second-order valence-electron chi connectivity index (χ2n) is 5.93. The molecule has 1 fully saturated rings. The van der Waals surface area contributed by atoms with Crippen molar-refractivity contribution in [2.75, 3.05) is 6.54 Å². The molecule has 1 aromatic carbocycles. The van der Waals surface area contributed by atoms with Gasteiger partial charge in [-0.15, -0.1) is 0 Å². The maximum Gasteiger partial charge on any atom is 0.243 e. The van der Waals surface area contributed by atoms with Gasteiger partial charge in [0.2, 0.25) is 15.8 Å². The number of aromatic nitrogens is 3. The van der Waals surface area contributed by atoms with E-state index in [4.69, 9.17) is 0 Å². The minimum atomic E-state index is -3.53. The summed E-state index contributed by atoms with van der Waals surface area (Å²) < 4.78 is 29.5. The topological polar surface area (TPSA) is 67.6 Å². The maximum absolute atomic E-state index is 13.1. The van der Waals surface area contributed by atoms with Gasteiger partial charge in [-0.2, -0.15) is 4.31 Å². The van der Waals surface area contributed by atoms with E-state index in [1.807, 2.05) is 28.9 Å². The van der Waals surface area contributed by atoms with Gasteiger partial charge in [-0.05, 0) is 31.0 Å². The highest BCUT2D eigenvalue weighted by Crippen LogP contribution is 2.34. The molecule has 0 unspecified atom stereocenters. The van der Waals surface area contributed by atoms with Crippen LogP contribution in [0.1, 0.15) is 31.0 Å². The Balaban J connectivity index is 1.75. The highest BCUT2D eigenvalue weighted by molar-refractivity contribution is 7.89. The summed E-state index contributed by atoms with van der Waals surface area (Å²) in [7, 11) is -3.53. The van der Waals surface area contributed by atoms with Crippen molar-refractivity contribution in [3.8, 4) is 0 Å². The minimum Gasteiger partial charge on any atom is -0.291 e. The van der Waals surface area contributed by atoms with Gasteiger partial charge in [-0.3, -0.25) is 4.40 Å². The van der Waals surface area contributed by atoms with E-state index in [0.29, 0.717) is 17.2 Å². The molecule has 0 aliphatic carbocycles. The van der Waals surface area contributed by atoms with Crippen molar-refractivity contribution in [3.63, 3.8) is 0 Å². The molecule has 0 N–H and O–H groups in total. The molecule has 7 heteroatoms. The zero-order valence-corrected chi connectivity index (χ0v) is 13.9. The zero-order chi connectivity index (χ0) is 16.6. The van der Waals surface area contributed by atoms with E-state index >= 15 is 0 Å². The molecule has 6 nitrogen and oxygen atoms in total. The normalized spacial score (nSPS) is 19.6. The molecule has 24 heavy (non-hydrogen) atoms. The fourth-order valence-corrected chi connectivity index (χ4v) is 4.91. The van der Waals surface area contributed by atoms with Crippen LogP contribution in [-0.4, -0.2) is 33.6 Å². The molecule has 0 bridgehead atoms. The maximum atomic E-state index is 13.1. The second kappa shape index (κ2) is 5.99. The van der Waals surface area contributed by atoms with Gasteiger partial charge < -0.3 is 0 Å². The van der Waals surface area contributed by atoms with Gasteiger partial charge in [0.25, 0.3) is 0 Å². The van der Waals surface area contributed by atoms with Crippen molar-refractivity contribution >= 4 is 15.8 Å². The first kappa shape index (κ1) is 15.3. The third-order valence-corrected chi connectivity index (χ3v) is 6.35. The fourth-order valence-electron chi connectivity index (χ4n) is 3.22. The number of hydrogen-bond donors (Lipinski definition) is 0. The molecule has 0 amide bonds. The van der Waals surface area contributed by atoms with Crippen molar-refractivity contribution in [1.29, 1.82) is 0 Å². The Morgan fingerprint density at radius 2 is 1.88 bits per heavy atom. The molecule has 1 atom stereocenters. The molecule has 1 saturated heterocycles. The van der Waals surface area contributed by atoms with Crippen molar-refractivity contribution in [2.45, 2.75) is 30.2 Å². The van der Waals surface area contributed by atoms with E-state index < -0.39 is 10.0 Å².